The van der Waals surface area contributed by atoms with E-state index in [4.69, 9.17) is 5.26 Å². The molecule has 4 rings (SSSR count). The standard InChI is InChI=1S/C31H44N6O2/c1-23-25(18-24-10-7-11-24)12-8-15-31(36(2)3,26-13-5-4-6-14-26)16-9-17-37(30(23)39)22-29(38)35-27-20-33-28(19-32)34-21-27/h4-6,13-14,20-21,23-25,29,35,38H,7-12,15-18,22H2,1-3H3. The first-order valence-corrected chi connectivity index (χ1v) is 14.5. The van der Waals surface area contributed by atoms with Gasteiger partial charge in [-0.2, -0.15) is 5.26 Å². The van der Waals surface area contributed by atoms with Gasteiger partial charge in [0.2, 0.25) is 11.7 Å². The minimum atomic E-state index is -0.972. The number of carbonyl (C=O) groups excluding carboxylic acids is 1. The van der Waals surface area contributed by atoms with Crippen LogP contribution < -0.4 is 5.32 Å². The summed E-state index contributed by atoms with van der Waals surface area (Å²) in [4.78, 5) is 26.1. The van der Waals surface area contributed by atoms with E-state index >= 15 is 0 Å². The number of aliphatic hydroxyl groups excluding tert-OH is 1. The summed E-state index contributed by atoms with van der Waals surface area (Å²) in [6.07, 6.45) is 11.9. The molecule has 1 aliphatic carbocycles. The van der Waals surface area contributed by atoms with Gasteiger partial charge in [0.25, 0.3) is 0 Å². The predicted octanol–water partition coefficient (Wildman–Crippen LogP) is 4.77. The Kier molecular flexibility index (Phi) is 9.93. The summed E-state index contributed by atoms with van der Waals surface area (Å²) in [5.41, 5.74) is 1.75. The van der Waals surface area contributed by atoms with E-state index in [1.54, 1.807) is 0 Å². The average molecular weight is 533 g/mol. The zero-order valence-electron chi connectivity index (χ0n) is 23.7. The zero-order chi connectivity index (χ0) is 27.8. The summed E-state index contributed by atoms with van der Waals surface area (Å²) in [5, 5.41) is 22.9. The van der Waals surface area contributed by atoms with Crippen LogP contribution in [0.3, 0.4) is 0 Å². The molecule has 0 bridgehead atoms. The molecule has 210 valence electrons. The van der Waals surface area contributed by atoms with Gasteiger partial charge < -0.3 is 15.3 Å². The molecular formula is C31H44N6O2. The second-order valence-electron chi connectivity index (χ2n) is 11.7. The average Bonchev–Trinajstić information content (AvgIpc) is 2.93. The number of hydrogen-bond donors (Lipinski definition) is 2. The van der Waals surface area contributed by atoms with Crippen molar-refractivity contribution in [2.24, 2.45) is 17.8 Å². The molecule has 0 radical (unpaired) electrons. The van der Waals surface area contributed by atoms with Crippen LogP contribution in [0.5, 0.6) is 0 Å². The Bertz CT molecular complexity index is 1100. The summed E-state index contributed by atoms with van der Waals surface area (Å²) >= 11 is 0. The highest BCUT2D eigenvalue weighted by Gasteiger charge is 2.37. The van der Waals surface area contributed by atoms with Crippen LogP contribution >= 0.6 is 0 Å². The molecule has 2 aromatic rings. The second-order valence-corrected chi connectivity index (χ2v) is 11.7. The number of anilines is 1. The number of nitrogens with one attached hydrogen (secondary N) is 1. The Balaban J connectivity index is 1.56. The van der Waals surface area contributed by atoms with Crippen LogP contribution in [0.4, 0.5) is 5.69 Å². The van der Waals surface area contributed by atoms with Crippen LogP contribution in [0.2, 0.25) is 0 Å². The third-order valence-electron chi connectivity index (χ3n) is 9.10. The molecule has 1 amide bonds. The molecule has 39 heavy (non-hydrogen) atoms. The Morgan fingerprint density at radius 1 is 1.13 bits per heavy atom. The van der Waals surface area contributed by atoms with Crippen molar-refractivity contribution in [3.05, 3.63) is 54.1 Å². The lowest BCUT2D eigenvalue weighted by molar-refractivity contribution is -0.138. The quantitative estimate of drug-likeness (QED) is 0.472. The summed E-state index contributed by atoms with van der Waals surface area (Å²) in [5.74, 6) is 1.20. The minimum absolute atomic E-state index is 0.0755. The van der Waals surface area contributed by atoms with Crippen LogP contribution in [0.25, 0.3) is 0 Å². The number of rotatable bonds is 8. The predicted molar refractivity (Wildman–Crippen MR) is 152 cm³/mol. The number of hydrogen-bond acceptors (Lipinski definition) is 7. The van der Waals surface area contributed by atoms with E-state index in [1.165, 1.54) is 37.2 Å². The molecular weight excluding hydrogens is 488 g/mol. The Morgan fingerprint density at radius 3 is 2.44 bits per heavy atom. The van der Waals surface area contributed by atoms with Gasteiger partial charge in [-0.3, -0.25) is 9.69 Å². The lowest BCUT2D eigenvalue weighted by atomic mass is 9.73. The molecule has 2 fully saturated rings. The first kappa shape index (κ1) is 29.0. The van der Waals surface area contributed by atoms with Gasteiger partial charge in [0.15, 0.2) is 0 Å². The molecule has 1 aromatic carbocycles. The first-order valence-electron chi connectivity index (χ1n) is 14.5. The maximum Gasteiger partial charge on any atom is 0.232 e. The third kappa shape index (κ3) is 7.14. The summed E-state index contributed by atoms with van der Waals surface area (Å²) in [7, 11) is 4.36. The molecule has 0 spiro atoms. The number of amides is 1. The topological polar surface area (TPSA) is 105 Å². The van der Waals surface area contributed by atoms with Crippen LogP contribution in [-0.4, -0.2) is 64.2 Å². The molecule has 8 heteroatoms. The largest absolute Gasteiger partial charge is 0.372 e. The molecule has 4 atom stereocenters. The van der Waals surface area contributed by atoms with E-state index in [-0.39, 0.29) is 29.7 Å². The lowest BCUT2D eigenvalue weighted by Gasteiger charge is -2.41. The molecule has 2 aliphatic rings. The highest BCUT2D eigenvalue weighted by molar-refractivity contribution is 5.79. The smallest absolute Gasteiger partial charge is 0.232 e. The van der Waals surface area contributed by atoms with Crippen molar-refractivity contribution >= 4 is 11.6 Å². The lowest BCUT2D eigenvalue weighted by Crippen LogP contribution is -2.45. The SMILES string of the molecule is CC1C(=O)N(CC(O)Nc2cnc(C#N)nc2)CCCC(c2ccccc2)(N(C)C)CCCC1CC1CCC1. The number of carbonyl (C=O) groups is 1. The van der Waals surface area contributed by atoms with Crippen LogP contribution in [0.1, 0.15) is 76.1 Å². The van der Waals surface area contributed by atoms with Gasteiger partial charge in [-0.15, -0.1) is 0 Å². The van der Waals surface area contributed by atoms with Crippen molar-refractivity contribution in [2.45, 2.75) is 76.5 Å². The monoisotopic (exact) mass is 532 g/mol. The van der Waals surface area contributed by atoms with Crippen molar-refractivity contribution in [3.8, 4) is 6.07 Å². The van der Waals surface area contributed by atoms with E-state index in [2.05, 4.69) is 71.5 Å². The van der Waals surface area contributed by atoms with Crippen LogP contribution in [-0.2, 0) is 10.3 Å². The van der Waals surface area contributed by atoms with E-state index in [9.17, 15) is 9.90 Å². The zero-order valence-corrected chi connectivity index (χ0v) is 23.7. The third-order valence-corrected chi connectivity index (χ3v) is 9.10. The number of benzene rings is 1. The van der Waals surface area contributed by atoms with Gasteiger partial charge in [-0.05, 0) is 63.6 Å². The highest BCUT2D eigenvalue weighted by Crippen LogP contribution is 2.41. The van der Waals surface area contributed by atoms with Gasteiger partial charge in [-0.25, -0.2) is 9.97 Å². The van der Waals surface area contributed by atoms with Gasteiger partial charge in [0.05, 0.1) is 24.6 Å². The maximum atomic E-state index is 13.9. The maximum absolute atomic E-state index is 13.9. The van der Waals surface area contributed by atoms with E-state index in [0.29, 0.717) is 18.2 Å². The molecule has 2 heterocycles. The minimum Gasteiger partial charge on any atom is -0.372 e. The number of β-amino-alcohol motifs (C(OH)–C–C–N with tert-alkyl or cyclic N) is 1. The summed E-state index contributed by atoms with van der Waals surface area (Å²) < 4.78 is 0. The van der Waals surface area contributed by atoms with Crippen molar-refractivity contribution in [1.29, 1.82) is 5.26 Å². The second kappa shape index (κ2) is 13.4. The van der Waals surface area contributed by atoms with Crippen LogP contribution in [0.15, 0.2) is 42.7 Å². The number of nitriles is 1. The molecule has 1 aromatic heterocycles. The molecule has 1 saturated heterocycles. The molecule has 8 nitrogen and oxygen atoms in total. The van der Waals surface area contributed by atoms with Crippen LogP contribution in [0, 0.1) is 29.1 Å². The van der Waals surface area contributed by atoms with Crippen molar-refractivity contribution < 1.29 is 9.90 Å². The van der Waals surface area contributed by atoms with Crippen molar-refractivity contribution in [2.75, 3.05) is 32.5 Å². The first-order chi connectivity index (χ1) is 18.8. The fourth-order valence-corrected chi connectivity index (χ4v) is 6.50. The van der Waals surface area contributed by atoms with Gasteiger partial charge in [0.1, 0.15) is 12.3 Å². The normalized spacial score (nSPS) is 25.8. The highest BCUT2D eigenvalue weighted by atomic mass is 16.3. The fraction of sp³-hybridized carbons (Fsp3) is 0.613. The Labute approximate surface area is 233 Å². The van der Waals surface area contributed by atoms with Gasteiger partial charge in [0, 0.05) is 18.0 Å². The van der Waals surface area contributed by atoms with Gasteiger partial charge in [-0.1, -0.05) is 62.9 Å². The summed E-state index contributed by atoms with van der Waals surface area (Å²) in [6, 6.07) is 12.7. The molecule has 2 N–H and O–H groups in total. The number of aliphatic hydroxyl groups is 1. The van der Waals surface area contributed by atoms with Crippen molar-refractivity contribution in [1.82, 2.24) is 19.8 Å². The number of aromatic nitrogens is 2. The number of nitrogens with zero attached hydrogens (tertiary/aromatic N) is 5. The molecule has 1 aliphatic heterocycles. The fourth-order valence-electron chi connectivity index (χ4n) is 6.50. The van der Waals surface area contributed by atoms with E-state index < -0.39 is 6.23 Å². The van der Waals surface area contributed by atoms with Crippen molar-refractivity contribution in [3.63, 3.8) is 0 Å². The Hall–Kier alpha value is -3.02. The van der Waals surface area contributed by atoms with E-state index in [0.717, 1.165) is 44.4 Å². The summed E-state index contributed by atoms with van der Waals surface area (Å²) in [6.45, 7) is 2.87. The molecule has 1 saturated carbocycles. The Morgan fingerprint density at radius 2 is 1.82 bits per heavy atom. The van der Waals surface area contributed by atoms with Gasteiger partial charge >= 0.3 is 0 Å². The van der Waals surface area contributed by atoms with E-state index in [1.807, 2.05) is 11.0 Å². The molecule has 4 unspecified atom stereocenters.